The van der Waals surface area contributed by atoms with E-state index in [0.717, 1.165) is 0 Å². The maximum Gasteiger partial charge on any atom is 0.145 e. The highest BCUT2D eigenvalue weighted by Crippen LogP contribution is 2.28. The first kappa shape index (κ1) is 9.33. The summed E-state index contributed by atoms with van der Waals surface area (Å²) in [4.78, 5) is 3.88. The van der Waals surface area contributed by atoms with Crippen molar-refractivity contribution in [2.75, 3.05) is 0 Å². The molecule has 0 radical (unpaired) electrons. The summed E-state index contributed by atoms with van der Waals surface area (Å²) in [5.41, 5.74) is 0. The van der Waals surface area contributed by atoms with Crippen LogP contribution in [0.5, 0.6) is 23.0 Å². The zero-order valence-corrected chi connectivity index (χ0v) is 7.79. The Labute approximate surface area is 86.4 Å². The molecule has 0 aliphatic carbocycles. The Morgan fingerprint density at radius 3 is 2.33 bits per heavy atom. The third-order valence-corrected chi connectivity index (χ3v) is 1.75. The highest BCUT2D eigenvalue weighted by atomic mass is 16.5. The zero-order valence-electron chi connectivity index (χ0n) is 7.79. The molecule has 2 aromatic rings. The van der Waals surface area contributed by atoms with Gasteiger partial charge in [-0.3, -0.25) is 4.98 Å². The molecule has 0 saturated heterocycles. The Morgan fingerprint density at radius 1 is 1.00 bits per heavy atom. The number of aromatic nitrogens is 1. The minimum absolute atomic E-state index is 0.0473. The van der Waals surface area contributed by atoms with E-state index in [0.29, 0.717) is 11.5 Å². The van der Waals surface area contributed by atoms with Gasteiger partial charge in [-0.2, -0.15) is 0 Å². The number of pyridine rings is 1. The second kappa shape index (κ2) is 3.88. The zero-order chi connectivity index (χ0) is 10.7. The van der Waals surface area contributed by atoms with Crippen molar-refractivity contribution < 1.29 is 14.9 Å². The summed E-state index contributed by atoms with van der Waals surface area (Å²) in [6.07, 6.45) is 3.17. The number of phenolic OH excluding ortho intramolecular Hbond substituents is 2. The number of rotatable bonds is 2. The fourth-order valence-electron chi connectivity index (χ4n) is 1.17. The highest BCUT2D eigenvalue weighted by Gasteiger charge is 2.01. The molecule has 0 amide bonds. The van der Waals surface area contributed by atoms with Gasteiger partial charge in [-0.05, 0) is 12.1 Å². The maximum atomic E-state index is 9.22. The molecule has 4 heteroatoms. The Morgan fingerprint density at radius 2 is 1.73 bits per heavy atom. The van der Waals surface area contributed by atoms with Crippen LogP contribution in [0.1, 0.15) is 0 Å². The van der Waals surface area contributed by atoms with Crippen LogP contribution in [0.2, 0.25) is 0 Å². The predicted molar refractivity (Wildman–Crippen MR) is 54.1 cm³/mol. The monoisotopic (exact) mass is 203 g/mol. The smallest absolute Gasteiger partial charge is 0.145 e. The molecule has 1 aromatic carbocycles. The molecular weight excluding hydrogens is 194 g/mol. The largest absolute Gasteiger partial charge is 0.508 e. The van der Waals surface area contributed by atoms with Crippen LogP contribution >= 0.6 is 0 Å². The first-order valence-electron chi connectivity index (χ1n) is 4.35. The first-order valence-corrected chi connectivity index (χ1v) is 4.35. The van der Waals surface area contributed by atoms with E-state index in [9.17, 15) is 10.2 Å². The van der Waals surface area contributed by atoms with Crippen LogP contribution in [0, 0.1) is 0 Å². The fourth-order valence-corrected chi connectivity index (χ4v) is 1.17. The van der Waals surface area contributed by atoms with E-state index >= 15 is 0 Å². The van der Waals surface area contributed by atoms with Crippen molar-refractivity contribution in [2.45, 2.75) is 0 Å². The van der Waals surface area contributed by atoms with E-state index < -0.39 is 0 Å². The van der Waals surface area contributed by atoms with Gasteiger partial charge in [0.2, 0.25) is 0 Å². The topological polar surface area (TPSA) is 62.6 Å². The van der Waals surface area contributed by atoms with Crippen LogP contribution < -0.4 is 4.74 Å². The Balaban J connectivity index is 2.25. The van der Waals surface area contributed by atoms with Crippen LogP contribution in [0.25, 0.3) is 0 Å². The van der Waals surface area contributed by atoms with Crippen molar-refractivity contribution in [1.29, 1.82) is 0 Å². The minimum Gasteiger partial charge on any atom is -0.508 e. The molecule has 4 nitrogen and oxygen atoms in total. The molecule has 0 spiro atoms. The molecule has 2 rings (SSSR count). The van der Waals surface area contributed by atoms with Gasteiger partial charge >= 0.3 is 0 Å². The number of phenols is 2. The number of hydrogen-bond acceptors (Lipinski definition) is 4. The van der Waals surface area contributed by atoms with Gasteiger partial charge in [-0.1, -0.05) is 0 Å². The molecule has 0 fully saturated rings. The molecule has 0 saturated carbocycles. The van der Waals surface area contributed by atoms with Crippen LogP contribution in [-0.4, -0.2) is 15.2 Å². The van der Waals surface area contributed by atoms with Gasteiger partial charge in [0, 0.05) is 24.4 Å². The lowest BCUT2D eigenvalue weighted by Crippen LogP contribution is -1.84. The van der Waals surface area contributed by atoms with Gasteiger partial charge in [-0.25, -0.2) is 0 Å². The van der Waals surface area contributed by atoms with Gasteiger partial charge in [0.25, 0.3) is 0 Å². The SMILES string of the molecule is Oc1cc(O)cc(Oc2cccnc2)c1. The summed E-state index contributed by atoms with van der Waals surface area (Å²) in [5.74, 6) is 0.811. The third-order valence-electron chi connectivity index (χ3n) is 1.75. The van der Waals surface area contributed by atoms with E-state index in [4.69, 9.17) is 4.74 Å². The van der Waals surface area contributed by atoms with E-state index in [-0.39, 0.29) is 11.5 Å². The molecule has 0 bridgehead atoms. The molecule has 0 atom stereocenters. The molecule has 0 unspecified atom stereocenters. The highest BCUT2D eigenvalue weighted by molar-refractivity contribution is 5.42. The molecule has 1 heterocycles. The van der Waals surface area contributed by atoms with E-state index in [2.05, 4.69) is 4.98 Å². The van der Waals surface area contributed by atoms with Crippen molar-refractivity contribution in [3.8, 4) is 23.0 Å². The number of nitrogens with zero attached hydrogens (tertiary/aromatic N) is 1. The lowest BCUT2D eigenvalue weighted by atomic mass is 10.3. The average molecular weight is 203 g/mol. The third kappa shape index (κ3) is 2.37. The molecule has 1 aromatic heterocycles. The first-order chi connectivity index (χ1) is 7.24. The molecule has 0 aliphatic heterocycles. The normalized spacial score (nSPS) is 9.87. The average Bonchev–Trinajstić information content (AvgIpc) is 2.17. The van der Waals surface area contributed by atoms with Crippen molar-refractivity contribution >= 4 is 0 Å². The van der Waals surface area contributed by atoms with Crippen molar-refractivity contribution in [2.24, 2.45) is 0 Å². The minimum atomic E-state index is -0.0473. The van der Waals surface area contributed by atoms with Crippen molar-refractivity contribution in [3.63, 3.8) is 0 Å². The second-order valence-electron chi connectivity index (χ2n) is 2.98. The second-order valence-corrected chi connectivity index (χ2v) is 2.98. The predicted octanol–water partition coefficient (Wildman–Crippen LogP) is 2.29. The van der Waals surface area contributed by atoms with Gasteiger partial charge in [0.1, 0.15) is 23.0 Å². The van der Waals surface area contributed by atoms with Gasteiger partial charge < -0.3 is 14.9 Å². The summed E-state index contributed by atoms with van der Waals surface area (Å²) in [5, 5.41) is 18.4. The Bertz CT molecular complexity index is 436. The number of benzene rings is 1. The maximum absolute atomic E-state index is 9.22. The Hall–Kier alpha value is -2.23. The molecule has 2 N–H and O–H groups in total. The van der Waals surface area contributed by atoms with Crippen LogP contribution in [0.3, 0.4) is 0 Å². The number of aromatic hydroxyl groups is 2. The summed E-state index contributed by atoms with van der Waals surface area (Å²) in [7, 11) is 0. The molecule has 76 valence electrons. The summed E-state index contributed by atoms with van der Waals surface area (Å²) < 4.78 is 5.36. The van der Waals surface area contributed by atoms with Crippen LogP contribution in [-0.2, 0) is 0 Å². The van der Waals surface area contributed by atoms with Crippen LogP contribution in [0.15, 0.2) is 42.7 Å². The standard InChI is InChI=1S/C11H9NO3/c13-8-4-9(14)6-11(5-8)15-10-2-1-3-12-7-10/h1-7,13-14H. The quantitative estimate of drug-likeness (QED) is 0.786. The lowest BCUT2D eigenvalue weighted by molar-refractivity contribution is 0.431. The van der Waals surface area contributed by atoms with E-state index in [1.807, 2.05) is 0 Å². The van der Waals surface area contributed by atoms with Gasteiger partial charge in [0.15, 0.2) is 0 Å². The summed E-state index contributed by atoms with van der Waals surface area (Å²) in [6, 6.07) is 7.52. The van der Waals surface area contributed by atoms with Gasteiger partial charge in [0.05, 0.1) is 6.20 Å². The van der Waals surface area contributed by atoms with Crippen molar-refractivity contribution in [1.82, 2.24) is 4.98 Å². The Kier molecular flexibility index (Phi) is 2.41. The van der Waals surface area contributed by atoms with Crippen molar-refractivity contribution in [3.05, 3.63) is 42.7 Å². The molecule has 0 aliphatic rings. The van der Waals surface area contributed by atoms with Crippen LogP contribution in [0.4, 0.5) is 0 Å². The van der Waals surface area contributed by atoms with Gasteiger partial charge in [-0.15, -0.1) is 0 Å². The molecular formula is C11H9NO3. The van der Waals surface area contributed by atoms with E-state index in [1.165, 1.54) is 18.2 Å². The molecule has 15 heavy (non-hydrogen) atoms. The lowest BCUT2D eigenvalue weighted by Gasteiger charge is -2.05. The summed E-state index contributed by atoms with van der Waals surface area (Å²) in [6.45, 7) is 0. The number of hydrogen-bond donors (Lipinski definition) is 2. The number of ether oxygens (including phenoxy) is 1. The van der Waals surface area contributed by atoms with E-state index in [1.54, 1.807) is 24.5 Å². The summed E-state index contributed by atoms with van der Waals surface area (Å²) >= 11 is 0. The fraction of sp³-hybridized carbons (Fsp3) is 0.